The molecule has 0 unspecified atom stereocenters. The monoisotopic (exact) mass is 312 g/mol. The molecule has 0 saturated carbocycles. The maximum Gasteiger partial charge on any atom is 0.326 e. The van der Waals surface area contributed by atoms with Gasteiger partial charge in [-0.05, 0) is 50.4 Å². The molecule has 21 heavy (non-hydrogen) atoms. The molecule has 0 fully saturated rings. The van der Waals surface area contributed by atoms with Crippen molar-refractivity contribution in [2.24, 2.45) is 5.41 Å². The first kappa shape index (κ1) is 17.5. The minimum Gasteiger partial charge on any atom is -0.487 e. The molecule has 0 heterocycles. The van der Waals surface area contributed by atoms with Crippen LogP contribution in [0.1, 0.15) is 40.5 Å². The molecule has 0 spiro atoms. The molecule has 0 radical (unpaired) electrons. The zero-order chi connectivity index (χ0) is 16.0. The number of ether oxygens (including phenoxy) is 2. The van der Waals surface area contributed by atoms with Gasteiger partial charge in [-0.15, -0.1) is 0 Å². The van der Waals surface area contributed by atoms with E-state index >= 15 is 0 Å². The molecule has 0 N–H and O–H groups in total. The topological polar surface area (TPSA) is 52.6 Å². The zero-order valence-electron chi connectivity index (χ0n) is 12.8. The standard InChI is InChI=1S/C16H21ClO4/c1-5-16(6-2,14(17)18)15(19)21-13-10-8-7-9-12(13)20-11(3)4/h7-11H,5-6H2,1-4H3. The number of carbonyl (C=O) groups is 2. The summed E-state index contributed by atoms with van der Waals surface area (Å²) >= 11 is 5.62. The highest BCUT2D eigenvalue weighted by atomic mass is 35.5. The van der Waals surface area contributed by atoms with Crippen molar-refractivity contribution in [3.05, 3.63) is 24.3 Å². The Morgan fingerprint density at radius 3 is 2.10 bits per heavy atom. The van der Waals surface area contributed by atoms with Gasteiger partial charge >= 0.3 is 5.97 Å². The van der Waals surface area contributed by atoms with Gasteiger partial charge in [-0.25, -0.2) is 0 Å². The van der Waals surface area contributed by atoms with Crippen LogP contribution in [-0.4, -0.2) is 17.3 Å². The summed E-state index contributed by atoms with van der Waals surface area (Å²) in [6.07, 6.45) is 0.525. The van der Waals surface area contributed by atoms with Crippen LogP contribution in [0.25, 0.3) is 0 Å². The molecular weight excluding hydrogens is 292 g/mol. The Balaban J connectivity index is 3.05. The molecule has 0 aliphatic rings. The van der Waals surface area contributed by atoms with Crippen LogP contribution in [0, 0.1) is 5.41 Å². The molecule has 4 nitrogen and oxygen atoms in total. The number of carbonyl (C=O) groups excluding carboxylic acids is 2. The van der Waals surface area contributed by atoms with Gasteiger partial charge in [0, 0.05) is 0 Å². The molecule has 0 saturated heterocycles. The molecule has 1 aromatic carbocycles. The maximum absolute atomic E-state index is 12.4. The molecule has 5 heteroatoms. The Hall–Kier alpha value is -1.55. The van der Waals surface area contributed by atoms with Crippen molar-refractivity contribution in [2.75, 3.05) is 0 Å². The van der Waals surface area contributed by atoms with E-state index in [1.165, 1.54) is 0 Å². The normalized spacial score (nSPS) is 11.3. The number of hydrogen-bond donors (Lipinski definition) is 0. The van der Waals surface area contributed by atoms with Crippen LogP contribution in [0.2, 0.25) is 0 Å². The van der Waals surface area contributed by atoms with E-state index < -0.39 is 16.6 Å². The molecule has 0 aliphatic carbocycles. The molecule has 1 aromatic rings. The Labute approximate surface area is 130 Å². The summed E-state index contributed by atoms with van der Waals surface area (Å²) in [5.74, 6) is 0.108. The smallest absolute Gasteiger partial charge is 0.326 e. The second kappa shape index (κ2) is 7.46. The lowest BCUT2D eigenvalue weighted by atomic mass is 9.84. The predicted octanol–water partition coefficient (Wildman–Crippen LogP) is 3.95. The van der Waals surface area contributed by atoms with E-state index in [2.05, 4.69) is 0 Å². The SMILES string of the molecule is CCC(CC)(C(=O)Cl)C(=O)Oc1ccccc1OC(C)C. The van der Waals surface area contributed by atoms with Gasteiger partial charge in [-0.1, -0.05) is 26.0 Å². The van der Waals surface area contributed by atoms with Crippen LogP contribution in [0.4, 0.5) is 0 Å². The molecule has 0 aromatic heterocycles. The lowest BCUT2D eigenvalue weighted by Gasteiger charge is -2.25. The van der Waals surface area contributed by atoms with Crippen molar-refractivity contribution in [1.29, 1.82) is 0 Å². The first-order valence-corrected chi connectivity index (χ1v) is 7.43. The van der Waals surface area contributed by atoms with Crippen molar-refractivity contribution in [2.45, 2.75) is 46.6 Å². The Bertz CT molecular complexity index is 507. The highest BCUT2D eigenvalue weighted by molar-refractivity contribution is 6.66. The van der Waals surface area contributed by atoms with Crippen LogP contribution in [0.5, 0.6) is 11.5 Å². The molecule has 116 valence electrons. The van der Waals surface area contributed by atoms with Gasteiger partial charge in [0.1, 0.15) is 5.41 Å². The van der Waals surface area contributed by atoms with E-state index in [0.717, 1.165) is 0 Å². The van der Waals surface area contributed by atoms with E-state index in [0.29, 0.717) is 11.5 Å². The largest absolute Gasteiger partial charge is 0.487 e. The molecule has 0 aliphatic heterocycles. The zero-order valence-corrected chi connectivity index (χ0v) is 13.6. The molecular formula is C16H21ClO4. The Morgan fingerprint density at radius 1 is 1.14 bits per heavy atom. The highest BCUT2D eigenvalue weighted by Crippen LogP contribution is 2.34. The first-order valence-electron chi connectivity index (χ1n) is 7.05. The number of hydrogen-bond acceptors (Lipinski definition) is 4. The lowest BCUT2D eigenvalue weighted by Crippen LogP contribution is -2.39. The van der Waals surface area contributed by atoms with E-state index in [1.807, 2.05) is 13.8 Å². The van der Waals surface area contributed by atoms with Crippen LogP contribution in [0.15, 0.2) is 24.3 Å². The van der Waals surface area contributed by atoms with E-state index in [-0.39, 0.29) is 18.9 Å². The summed E-state index contributed by atoms with van der Waals surface area (Å²) in [4.78, 5) is 24.0. The third-order valence-electron chi connectivity index (χ3n) is 3.39. The average molecular weight is 313 g/mol. The second-order valence-corrected chi connectivity index (χ2v) is 5.41. The van der Waals surface area contributed by atoms with Gasteiger partial charge in [0.15, 0.2) is 11.5 Å². The number of para-hydroxylation sites is 2. The summed E-state index contributed by atoms with van der Waals surface area (Å²) in [7, 11) is 0. The first-order chi connectivity index (χ1) is 9.87. The summed E-state index contributed by atoms with van der Waals surface area (Å²) in [6, 6.07) is 6.86. The van der Waals surface area contributed by atoms with Crippen LogP contribution in [-0.2, 0) is 9.59 Å². The number of rotatable bonds is 7. The van der Waals surface area contributed by atoms with Crippen molar-refractivity contribution in [3.63, 3.8) is 0 Å². The third kappa shape index (κ3) is 3.97. The minimum atomic E-state index is -1.31. The predicted molar refractivity (Wildman–Crippen MR) is 81.7 cm³/mol. The molecule has 0 amide bonds. The van der Waals surface area contributed by atoms with Crippen molar-refractivity contribution < 1.29 is 19.1 Å². The number of benzene rings is 1. The summed E-state index contributed by atoms with van der Waals surface area (Å²) in [5.41, 5.74) is -1.31. The van der Waals surface area contributed by atoms with Gasteiger partial charge in [-0.2, -0.15) is 0 Å². The maximum atomic E-state index is 12.4. The van der Waals surface area contributed by atoms with Gasteiger partial charge in [0.2, 0.25) is 5.24 Å². The van der Waals surface area contributed by atoms with Crippen molar-refractivity contribution in [3.8, 4) is 11.5 Å². The summed E-state index contributed by atoms with van der Waals surface area (Å²) in [5, 5.41) is -0.695. The van der Waals surface area contributed by atoms with E-state index in [4.69, 9.17) is 21.1 Å². The number of esters is 1. The average Bonchev–Trinajstić information content (AvgIpc) is 2.42. The summed E-state index contributed by atoms with van der Waals surface area (Å²) < 4.78 is 11.0. The van der Waals surface area contributed by atoms with Crippen molar-refractivity contribution >= 4 is 22.8 Å². The molecule has 0 bridgehead atoms. The molecule has 0 atom stereocenters. The van der Waals surface area contributed by atoms with E-state index in [9.17, 15) is 9.59 Å². The lowest BCUT2D eigenvalue weighted by molar-refractivity contribution is -0.150. The fourth-order valence-corrected chi connectivity index (χ4v) is 2.32. The summed E-state index contributed by atoms with van der Waals surface area (Å²) in [6.45, 7) is 7.23. The van der Waals surface area contributed by atoms with Crippen LogP contribution in [0.3, 0.4) is 0 Å². The highest BCUT2D eigenvalue weighted by Gasteiger charge is 2.43. The third-order valence-corrected chi connectivity index (χ3v) is 3.75. The van der Waals surface area contributed by atoms with E-state index in [1.54, 1.807) is 38.1 Å². The fraction of sp³-hybridized carbons (Fsp3) is 0.500. The Morgan fingerprint density at radius 2 is 1.67 bits per heavy atom. The van der Waals surface area contributed by atoms with Gasteiger partial charge < -0.3 is 9.47 Å². The number of halogens is 1. The quantitative estimate of drug-likeness (QED) is 0.331. The van der Waals surface area contributed by atoms with Gasteiger partial charge in [0.05, 0.1) is 6.10 Å². The fourth-order valence-electron chi connectivity index (χ4n) is 1.98. The molecule has 1 rings (SSSR count). The van der Waals surface area contributed by atoms with Gasteiger partial charge in [0.25, 0.3) is 0 Å². The second-order valence-electron chi connectivity index (χ2n) is 5.07. The van der Waals surface area contributed by atoms with Crippen LogP contribution >= 0.6 is 11.6 Å². The van der Waals surface area contributed by atoms with Crippen molar-refractivity contribution in [1.82, 2.24) is 0 Å². The van der Waals surface area contributed by atoms with Crippen LogP contribution < -0.4 is 9.47 Å². The van der Waals surface area contributed by atoms with Gasteiger partial charge in [-0.3, -0.25) is 9.59 Å². The Kier molecular flexibility index (Phi) is 6.21. The minimum absolute atomic E-state index is 0.0541.